The molecule has 0 unspecified atom stereocenters. The Bertz CT molecular complexity index is 1070. The number of ether oxygens (including phenoxy) is 2. The summed E-state index contributed by atoms with van der Waals surface area (Å²) in [4.78, 5) is 19.3. The summed E-state index contributed by atoms with van der Waals surface area (Å²) in [7, 11) is 3.19. The van der Waals surface area contributed by atoms with Gasteiger partial charge in [-0.2, -0.15) is 0 Å². The molecule has 148 valence electrons. The molecule has 7 heteroatoms. The molecule has 2 aromatic carbocycles. The number of aryl methyl sites for hydroxylation is 1. The normalized spacial score (nSPS) is 15.2. The lowest BCUT2D eigenvalue weighted by molar-refractivity contribution is 0.0993. The number of pyridine rings is 1. The van der Waals surface area contributed by atoms with Crippen LogP contribution in [0.1, 0.15) is 27.8 Å². The molecule has 3 aromatic rings. The Balaban J connectivity index is 1.79. The summed E-state index contributed by atoms with van der Waals surface area (Å²) < 4.78 is 10.7. The second-order valence-electron chi connectivity index (χ2n) is 6.66. The quantitative estimate of drug-likeness (QED) is 0.653. The van der Waals surface area contributed by atoms with E-state index in [-0.39, 0.29) is 5.91 Å². The highest BCUT2D eigenvalue weighted by atomic mass is 35.5. The number of methoxy groups -OCH3 is 2. The van der Waals surface area contributed by atoms with E-state index < -0.39 is 6.17 Å². The Hall–Kier alpha value is -3.25. The summed E-state index contributed by atoms with van der Waals surface area (Å²) >= 11 is 6.24. The zero-order chi connectivity index (χ0) is 20.5. The highest BCUT2D eigenvalue weighted by Gasteiger charge is 2.39. The van der Waals surface area contributed by atoms with Crippen LogP contribution in [0.3, 0.4) is 0 Å². The second-order valence-corrected chi connectivity index (χ2v) is 7.07. The fraction of sp³-hybridized carbons (Fsp3) is 0.182. The van der Waals surface area contributed by atoms with E-state index in [0.717, 1.165) is 22.7 Å². The summed E-state index contributed by atoms with van der Waals surface area (Å²) in [5.41, 5.74) is 3.57. The average Bonchev–Trinajstić information content (AvgIpc) is 3.02. The number of nitrogens with zero attached hydrogens (tertiary/aromatic N) is 2. The summed E-state index contributed by atoms with van der Waals surface area (Å²) in [6.45, 7) is 1.92. The molecule has 0 saturated heterocycles. The average molecular weight is 410 g/mol. The number of hydrogen-bond donors (Lipinski definition) is 1. The van der Waals surface area contributed by atoms with E-state index in [9.17, 15) is 4.79 Å². The molecule has 4 rings (SSSR count). The van der Waals surface area contributed by atoms with E-state index in [1.165, 1.54) is 0 Å². The number of rotatable bonds is 5. The van der Waals surface area contributed by atoms with Crippen molar-refractivity contribution >= 4 is 28.9 Å². The van der Waals surface area contributed by atoms with Gasteiger partial charge < -0.3 is 14.8 Å². The molecular formula is C22H20ClN3O3. The number of carbonyl (C=O) groups is 1. The summed E-state index contributed by atoms with van der Waals surface area (Å²) in [5, 5.41) is 4.03. The molecule has 1 amide bonds. The highest BCUT2D eigenvalue weighted by molar-refractivity contribution is 6.31. The van der Waals surface area contributed by atoms with Gasteiger partial charge in [-0.15, -0.1) is 0 Å². The van der Waals surface area contributed by atoms with Crippen LogP contribution in [0.5, 0.6) is 11.5 Å². The molecule has 0 spiro atoms. The van der Waals surface area contributed by atoms with Gasteiger partial charge in [-0.25, -0.2) is 0 Å². The first-order valence-corrected chi connectivity index (χ1v) is 9.44. The lowest BCUT2D eigenvalue weighted by atomic mass is 10.1. The van der Waals surface area contributed by atoms with Crippen LogP contribution in [0, 0.1) is 6.92 Å². The van der Waals surface area contributed by atoms with Gasteiger partial charge >= 0.3 is 0 Å². The molecular weight excluding hydrogens is 390 g/mol. The van der Waals surface area contributed by atoms with Crippen molar-refractivity contribution in [1.29, 1.82) is 0 Å². The van der Waals surface area contributed by atoms with Gasteiger partial charge in [-0.05, 0) is 55.0 Å². The van der Waals surface area contributed by atoms with Crippen LogP contribution in [-0.2, 0) is 0 Å². The van der Waals surface area contributed by atoms with Gasteiger partial charge in [0.05, 0.1) is 31.2 Å². The van der Waals surface area contributed by atoms with Crippen LogP contribution in [0.15, 0.2) is 54.7 Å². The minimum Gasteiger partial charge on any atom is -0.497 e. The predicted molar refractivity (Wildman–Crippen MR) is 113 cm³/mol. The summed E-state index contributed by atoms with van der Waals surface area (Å²) in [6, 6.07) is 14.5. The Morgan fingerprint density at radius 1 is 1.10 bits per heavy atom. The van der Waals surface area contributed by atoms with Gasteiger partial charge in [0.25, 0.3) is 5.91 Å². The molecule has 1 aromatic heterocycles. The molecule has 0 saturated carbocycles. The van der Waals surface area contributed by atoms with Crippen molar-refractivity contribution in [3.8, 4) is 11.5 Å². The fourth-order valence-corrected chi connectivity index (χ4v) is 3.57. The predicted octanol–water partition coefficient (Wildman–Crippen LogP) is 4.83. The standard InChI is InChI=1S/C22H20ClN3O3/c1-13-11-18(19(29-3)12-17(13)23)25-21-20-16(5-4-10-24-20)22(27)26(21)14-6-8-15(28-2)9-7-14/h4-12,21,25H,1-3H3/t21-/m1/s1. The van der Waals surface area contributed by atoms with Crippen molar-refractivity contribution in [2.75, 3.05) is 24.4 Å². The third-order valence-corrected chi connectivity index (χ3v) is 5.34. The lowest BCUT2D eigenvalue weighted by Crippen LogP contribution is -2.32. The summed E-state index contributed by atoms with van der Waals surface area (Å²) in [6.07, 6.45) is 1.18. The van der Waals surface area contributed by atoms with E-state index in [1.54, 1.807) is 43.5 Å². The van der Waals surface area contributed by atoms with Gasteiger partial charge in [-0.3, -0.25) is 14.7 Å². The van der Waals surface area contributed by atoms with Crippen LogP contribution >= 0.6 is 11.6 Å². The first-order chi connectivity index (χ1) is 14.0. The van der Waals surface area contributed by atoms with E-state index in [4.69, 9.17) is 21.1 Å². The minimum absolute atomic E-state index is 0.125. The van der Waals surface area contributed by atoms with Crippen LogP contribution in [-0.4, -0.2) is 25.1 Å². The molecule has 1 N–H and O–H groups in total. The number of aromatic nitrogens is 1. The molecule has 0 aliphatic carbocycles. The zero-order valence-electron chi connectivity index (χ0n) is 16.3. The molecule has 1 atom stereocenters. The molecule has 29 heavy (non-hydrogen) atoms. The zero-order valence-corrected chi connectivity index (χ0v) is 17.0. The monoisotopic (exact) mass is 409 g/mol. The number of fused-ring (bicyclic) bond motifs is 1. The Morgan fingerprint density at radius 2 is 1.86 bits per heavy atom. The number of halogens is 1. The van der Waals surface area contributed by atoms with Crippen molar-refractivity contribution in [3.63, 3.8) is 0 Å². The minimum atomic E-state index is -0.499. The number of carbonyl (C=O) groups excluding carboxylic acids is 1. The number of anilines is 2. The number of hydrogen-bond acceptors (Lipinski definition) is 5. The number of amides is 1. The maximum atomic E-state index is 13.2. The second kappa shape index (κ2) is 7.64. The van der Waals surface area contributed by atoms with E-state index >= 15 is 0 Å². The molecule has 1 aliphatic heterocycles. The van der Waals surface area contributed by atoms with Gasteiger partial charge in [-0.1, -0.05) is 11.6 Å². The van der Waals surface area contributed by atoms with Crippen molar-refractivity contribution in [1.82, 2.24) is 4.98 Å². The van der Waals surface area contributed by atoms with Gasteiger partial charge in [0.1, 0.15) is 11.5 Å². The SMILES string of the molecule is COc1ccc(N2C(=O)c3cccnc3[C@@H]2Nc2cc(C)c(Cl)cc2OC)cc1. The van der Waals surface area contributed by atoms with Gasteiger partial charge in [0, 0.05) is 23.0 Å². The molecule has 6 nitrogen and oxygen atoms in total. The van der Waals surface area contributed by atoms with Crippen LogP contribution < -0.4 is 19.7 Å². The van der Waals surface area contributed by atoms with Gasteiger partial charge in [0.2, 0.25) is 0 Å². The summed E-state index contributed by atoms with van der Waals surface area (Å²) in [5.74, 6) is 1.18. The van der Waals surface area contributed by atoms with Crippen molar-refractivity contribution in [2.24, 2.45) is 0 Å². The van der Waals surface area contributed by atoms with Crippen LogP contribution in [0.2, 0.25) is 5.02 Å². The first-order valence-electron chi connectivity index (χ1n) is 9.06. The van der Waals surface area contributed by atoms with Crippen molar-refractivity contribution in [3.05, 3.63) is 76.6 Å². The number of benzene rings is 2. The van der Waals surface area contributed by atoms with E-state index in [1.807, 2.05) is 37.3 Å². The van der Waals surface area contributed by atoms with Crippen molar-refractivity contribution < 1.29 is 14.3 Å². The van der Waals surface area contributed by atoms with E-state index in [0.29, 0.717) is 22.0 Å². The van der Waals surface area contributed by atoms with Crippen molar-refractivity contribution in [2.45, 2.75) is 13.1 Å². The highest BCUT2D eigenvalue weighted by Crippen LogP contribution is 2.40. The number of nitrogens with one attached hydrogen (secondary N) is 1. The van der Waals surface area contributed by atoms with E-state index in [2.05, 4.69) is 10.3 Å². The Labute approximate surface area is 174 Å². The maximum absolute atomic E-state index is 13.2. The largest absolute Gasteiger partial charge is 0.497 e. The molecule has 1 aliphatic rings. The third kappa shape index (κ3) is 3.36. The molecule has 0 fully saturated rings. The Kier molecular flexibility index (Phi) is 5.03. The maximum Gasteiger partial charge on any atom is 0.262 e. The fourth-order valence-electron chi connectivity index (χ4n) is 3.42. The molecule has 0 radical (unpaired) electrons. The third-order valence-electron chi connectivity index (χ3n) is 4.93. The van der Waals surface area contributed by atoms with Gasteiger partial charge in [0.15, 0.2) is 6.17 Å². The topological polar surface area (TPSA) is 63.7 Å². The van der Waals surface area contributed by atoms with Crippen LogP contribution in [0.25, 0.3) is 0 Å². The Morgan fingerprint density at radius 3 is 2.55 bits per heavy atom. The smallest absolute Gasteiger partial charge is 0.262 e. The van der Waals surface area contributed by atoms with Crippen LogP contribution in [0.4, 0.5) is 11.4 Å². The molecule has 2 heterocycles. The molecule has 0 bridgehead atoms. The lowest BCUT2D eigenvalue weighted by Gasteiger charge is -2.27. The first kappa shape index (κ1) is 19.1.